The van der Waals surface area contributed by atoms with Gasteiger partial charge >= 0.3 is 5.97 Å². The van der Waals surface area contributed by atoms with E-state index in [0.29, 0.717) is 50.5 Å². The van der Waals surface area contributed by atoms with Gasteiger partial charge in [0.25, 0.3) is 11.1 Å². The SMILES string of the molecule is CC(=O)c1ccc(N2CCN(C(=O)COC(=O)CCN3CCSC3=O)CC2)c(F)c1. The fourth-order valence-electron chi connectivity index (χ4n) is 3.34. The Hall–Kier alpha value is -2.62. The topological polar surface area (TPSA) is 87.2 Å². The zero-order valence-corrected chi connectivity index (χ0v) is 17.6. The first kappa shape index (κ1) is 22.1. The number of amides is 2. The number of thioether (sulfide) groups is 1. The van der Waals surface area contributed by atoms with E-state index < -0.39 is 11.8 Å². The van der Waals surface area contributed by atoms with Crippen molar-refractivity contribution in [1.82, 2.24) is 9.80 Å². The first-order valence-electron chi connectivity index (χ1n) is 9.75. The Bertz CT molecular complexity index is 842. The Morgan fingerprint density at radius 3 is 2.47 bits per heavy atom. The van der Waals surface area contributed by atoms with Crippen LogP contribution in [-0.2, 0) is 14.3 Å². The average Bonchev–Trinajstić information content (AvgIpc) is 3.15. The molecule has 0 atom stereocenters. The maximum Gasteiger partial charge on any atom is 0.308 e. The predicted molar refractivity (Wildman–Crippen MR) is 110 cm³/mol. The molecule has 0 spiro atoms. The second-order valence-corrected chi connectivity index (χ2v) is 8.15. The zero-order chi connectivity index (χ0) is 21.7. The lowest BCUT2D eigenvalue weighted by Crippen LogP contribution is -2.50. The second kappa shape index (κ2) is 9.92. The number of piperazine rings is 1. The maximum atomic E-state index is 14.3. The molecule has 2 fully saturated rings. The summed E-state index contributed by atoms with van der Waals surface area (Å²) in [5, 5.41) is -0.0379. The first-order chi connectivity index (χ1) is 14.3. The number of carbonyl (C=O) groups is 4. The van der Waals surface area contributed by atoms with Gasteiger partial charge in [-0.25, -0.2) is 4.39 Å². The van der Waals surface area contributed by atoms with Crippen LogP contribution in [0.1, 0.15) is 23.7 Å². The summed E-state index contributed by atoms with van der Waals surface area (Å²) in [4.78, 5) is 52.0. The summed E-state index contributed by atoms with van der Waals surface area (Å²) in [6, 6.07) is 4.39. The number of hydrogen-bond acceptors (Lipinski definition) is 7. The molecular weight excluding hydrogens is 413 g/mol. The number of halogens is 1. The molecule has 2 amide bonds. The smallest absolute Gasteiger partial charge is 0.308 e. The first-order valence-corrected chi connectivity index (χ1v) is 10.7. The molecule has 1 aromatic rings. The molecule has 162 valence electrons. The number of rotatable bonds is 7. The normalized spacial score (nSPS) is 16.7. The number of esters is 1. The van der Waals surface area contributed by atoms with Gasteiger partial charge in [0, 0.05) is 50.6 Å². The van der Waals surface area contributed by atoms with Gasteiger partial charge in [0.05, 0.1) is 12.1 Å². The summed E-state index contributed by atoms with van der Waals surface area (Å²) in [6.07, 6.45) is 0.0584. The number of Topliss-reactive ketones (excluding diaryl/α,β-unsaturated/α-hetero) is 1. The maximum absolute atomic E-state index is 14.3. The summed E-state index contributed by atoms with van der Waals surface area (Å²) in [6.45, 7) is 3.59. The van der Waals surface area contributed by atoms with Crippen LogP contribution in [0.2, 0.25) is 0 Å². The Morgan fingerprint density at radius 1 is 1.13 bits per heavy atom. The van der Waals surface area contributed by atoms with Crippen molar-refractivity contribution < 1.29 is 28.3 Å². The van der Waals surface area contributed by atoms with Gasteiger partial charge in [-0.05, 0) is 25.1 Å². The minimum Gasteiger partial charge on any atom is -0.456 e. The van der Waals surface area contributed by atoms with Crippen LogP contribution < -0.4 is 4.90 Å². The molecule has 10 heteroatoms. The molecule has 0 radical (unpaired) electrons. The Kier molecular flexibility index (Phi) is 7.30. The molecule has 30 heavy (non-hydrogen) atoms. The Labute approximate surface area is 178 Å². The summed E-state index contributed by atoms with van der Waals surface area (Å²) in [7, 11) is 0. The lowest BCUT2D eigenvalue weighted by Gasteiger charge is -2.36. The molecule has 0 bridgehead atoms. The van der Waals surface area contributed by atoms with Gasteiger partial charge < -0.3 is 19.4 Å². The average molecular weight is 437 g/mol. The number of benzene rings is 1. The van der Waals surface area contributed by atoms with Crippen LogP contribution in [0, 0.1) is 5.82 Å². The molecule has 2 aliphatic heterocycles. The van der Waals surface area contributed by atoms with Crippen LogP contribution in [0.5, 0.6) is 0 Å². The van der Waals surface area contributed by atoms with Crippen LogP contribution in [0.25, 0.3) is 0 Å². The molecule has 3 rings (SSSR count). The van der Waals surface area contributed by atoms with Gasteiger partial charge in [0.1, 0.15) is 5.82 Å². The molecule has 0 saturated carbocycles. The molecule has 0 aromatic heterocycles. The van der Waals surface area contributed by atoms with Crippen molar-refractivity contribution in [2.75, 3.05) is 56.5 Å². The lowest BCUT2D eigenvalue weighted by atomic mass is 10.1. The van der Waals surface area contributed by atoms with E-state index in [4.69, 9.17) is 4.74 Å². The van der Waals surface area contributed by atoms with E-state index in [9.17, 15) is 23.6 Å². The van der Waals surface area contributed by atoms with E-state index in [-0.39, 0.29) is 30.0 Å². The summed E-state index contributed by atoms with van der Waals surface area (Å²) < 4.78 is 19.3. The van der Waals surface area contributed by atoms with Crippen molar-refractivity contribution in [2.45, 2.75) is 13.3 Å². The number of ketones is 1. The minimum absolute atomic E-state index is 0.0379. The van der Waals surface area contributed by atoms with Crippen molar-refractivity contribution in [1.29, 1.82) is 0 Å². The number of ether oxygens (including phenoxy) is 1. The van der Waals surface area contributed by atoms with Crippen molar-refractivity contribution in [2.24, 2.45) is 0 Å². The number of anilines is 1. The van der Waals surface area contributed by atoms with Crippen molar-refractivity contribution in [3.05, 3.63) is 29.6 Å². The van der Waals surface area contributed by atoms with Gasteiger partial charge in [-0.3, -0.25) is 19.2 Å². The molecule has 0 N–H and O–H groups in total. The van der Waals surface area contributed by atoms with E-state index in [2.05, 4.69) is 0 Å². The standard InChI is InChI=1S/C20H24FN3O5S/c1-14(25)15-2-3-17(16(21)12-15)22-6-8-23(9-7-22)18(26)13-29-19(27)4-5-24-10-11-30-20(24)28/h2-3,12H,4-11,13H2,1H3. The molecule has 2 aliphatic rings. The fraction of sp³-hybridized carbons (Fsp3) is 0.500. The van der Waals surface area contributed by atoms with Crippen molar-refractivity contribution in [3.8, 4) is 0 Å². The predicted octanol–water partition coefficient (Wildman–Crippen LogP) is 1.78. The Morgan fingerprint density at radius 2 is 1.87 bits per heavy atom. The third-order valence-corrected chi connectivity index (χ3v) is 6.01. The highest BCUT2D eigenvalue weighted by atomic mass is 32.2. The van der Waals surface area contributed by atoms with Crippen LogP contribution in [0.15, 0.2) is 18.2 Å². The number of hydrogen-bond donors (Lipinski definition) is 0. The minimum atomic E-state index is -0.515. The zero-order valence-electron chi connectivity index (χ0n) is 16.8. The van der Waals surface area contributed by atoms with Crippen LogP contribution in [0.3, 0.4) is 0 Å². The van der Waals surface area contributed by atoms with Crippen molar-refractivity contribution in [3.63, 3.8) is 0 Å². The van der Waals surface area contributed by atoms with E-state index >= 15 is 0 Å². The van der Waals surface area contributed by atoms with Gasteiger partial charge in [0.15, 0.2) is 12.4 Å². The summed E-state index contributed by atoms with van der Waals surface area (Å²) in [5.74, 6) is -0.756. The quantitative estimate of drug-likeness (QED) is 0.475. The van der Waals surface area contributed by atoms with Gasteiger partial charge in [-0.2, -0.15) is 0 Å². The van der Waals surface area contributed by atoms with E-state index in [1.807, 2.05) is 4.90 Å². The molecule has 1 aromatic carbocycles. The van der Waals surface area contributed by atoms with Crippen LogP contribution in [-0.4, -0.2) is 84.3 Å². The summed E-state index contributed by atoms with van der Waals surface area (Å²) in [5.41, 5.74) is 0.716. The number of carbonyl (C=O) groups excluding carboxylic acids is 4. The van der Waals surface area contributed by atoms with Crippen molar-refractivity contribution >= 4 is 40.3 Å². The highest BCUT2D eigenvalue weighted by Crippen LogP contribution is 2.22. The highest BCUT2D eigenvalue weighted by molar-refractivity contribution is 8.13. The molecule has 0 aliphatic carbocycles. The van der Waals surface area contributed by atoms with Crippen LogP contribution in [0.4, 0.5) is 14.9 Å². The largest absolute Gasteiger partial charge is 0.456 e. The Balaban J connectivity index is 1.41. The van der Waals surface area contributed by atoms with Gasteiger partial charge in [-0.1, -0.05) is 11.8 Å². The van der Waals surface area contributed by atoms with E-state index in [0.717, 1.165) is 5.75 Å². The second-order valence-electron chi connectivity index (χ2n) is 7.10. The third kappa shape index (κ3) is 5.50. The molecule has 0 unspecified atom stereocenters. The van der Waals surface area contributed by atoms with E-state index in [1.165, 1.54) is 24.8 Å². The molecule has 2 heterocycles. The van der Waals surface area contributed by atoms with Gasteiger partial charge in [-0.15, -0.1) is 0 Å². The van der Waals surface area contributed by atoms with Crippen LogP contribution >= 0.6 is 11.8 Å². The monoisotopic (exact) mass is 437 g/mol. The van der Waals surface area contributed by atoms with E-state index in [1.54, 1.807) is 21.9 Å². The lowest BCUT2D eigenvalue weighted by molar-refractivity contribution is -0.152. The molecular formula is C20H24FN3O5S. The molecule has 2 saturated heterocycles. The fourth-order valence-corrected chi connectivity index (χ4v) is 4.19. The van der Waals surface area contributed by atoms with Gasteiger partial charge in [0.2, 0.25) is 0 Å². The summed E-state index contributed by atoms with van der Waals surface area (Å²) >= 11 is 1.23. The molecule has 8 nitrogen and oxygen atoms in total. The third-order valence-electron chi connectivity index (χ3n) is 5.11. The highest BCUT2D eigenvalue weighted by Gasteiger charge is 2.25. The number of nitrogens with zero attached hydrogens (tertiary/aromatic N) is 3.